The zero-order valence-electron chi connectivity index (χ0n) is 11.3. The second kappa shape index (κ2) is 6.49. The molecule has 1 aromatic rings. The number of nitrogens with zero attached hydrogens (tertiary/aromatic N) is 1. The van der Waals surface area contributed by atoms with Crippen molar-refractivity contribution in [2.45, 2.75) is 19.6 Å². The van der Waals surface area contributed by atoms with Crippen LogP contribution < -0.4 is 5.32 Å². The van der Waals surface area contributed by atoms with Crippen LogP contribution in [0.15, 0.2) is 24.3 Å². The van der Waals surface area contributed by atoms with Crippen molar-refractivity contribution in [2.75, 3.05) is 25.0 Å². The number of benzene rings is 1. The fourth-order valence-corrected chi connectivity index (χ4v) is 1.83. The van der Waals surface area contributed by atoms with E-state index in [1.54, 1.807) is 19.1 Å². The first kappa shape index (κ1) is 14.5. The van der Waals surface area contributed by atoms with E-state index in [-0.39, 0.29) is 11.5 Å². The lowest BCUT2D eigenvalue weighted by Crippen LogP contribution is -2.10. The minimum absolute atomic E-state index is 0.132. The maximum Gasteiger partial charge on any atom is 0.335 e. The summed E-state index contributed by atoms with van der Waals surface area (Å²) >= 11 is 0. The summed E-state index contributed by atoms with van der Waals surface area (Å²) in [5, 5.41) is 11.3. The van der Waals surface area contributed by atoms with Crippen LogP contribution in [-0.2, 0) is 9.53 Å². The Morgan fingerprint density at radius 3 is 2.75 bits per heavy atom. The van der Waals surface area contributed by atoms with Crippen LogP contribution in [0.3, 0.4) is 0 Å². The molecule has 0 radical (unpaired) electrons. The number of rotatable bonds is 3. The molecule has 2 heterocycles. The van der Waals surface area contributed by atoms with Crippen LogP contribution in [0.4, 0.5) is 5.69 Å². The lowest BCUT2D eigenvalue weighted by Gasteiger charge is -2.03. The van der Waals surface area contributed by atoms with Crippen LogP contribution in [0, 0.1) is 0 Å². The van der Waals surface area contributed by atoms with E-state index in [2.05, 4.69) is 10.2 Å². The van der Waals surface area contributed by atoms with Crippen molar-refractivity contribution in [2.24, 2.45) is 0 Å². The fourth-order valence-electron chi connectivity index (χ4n) is 1.83. The van der Waals surface area contributed by atoms with Crippen molar-refractivity contribution in [1.29, 1.82) is 0 Å². The van der Waals surface area contributed by atoms with Crippen molar-refractivity contribution in [1.82, 2.24) is 4.90 Å². The summed E-state index contributed by atoms with van der Waals surface area (Å²) in [6.07, 6.45) is 0.919. The van der Waals surface area contributed by atoms with Crippen LogP contribution in [0.2, 0.25) is 0 Å². The van der Waals surface area contributed by atoms with Gasteiger partial charge < -0.3 is 15.2 Å². The SMILES string of the molecule is C1CN2CC2O1.CCC(=O)Nc1cccc(C(=O)O)c1. The van der Waals surface area contributed by atoms with Crippen molar-refractivity contribution in [3.05, 3.63) is 29.8 Å². The lowest BCUT2D eigenvalue weighted by atomic mass is 10.2. The largest absolute Gasteiger partial charge is 0.478 e. The van der Waals surface area contributed by atoms with Gasteiger partial charge in [-0.05, 0) is 18.2 Å². The normalized spacial score (nSPS) is 22.2. The van der Waals surface area contributed by atoms with Gasteiger partial charge in [0.1, 0.15) is 6.23 Å². The Hall–Kier alpha value is -1.92. The first-order valence-electron chi connectivity index (χ1n) is 6.59. The number of carbonyl (C=O) groups is 2. The quantitative estimate of drug-likeness (QED) is 0.817. The molecule has 3 rings (SSSR count). The Balaban J connectivity index is 0.000000198. The van der Waals surface area contributed by atoms with E-state index < -0.39 is 5.97 Å². The molecule has 0 saturated carbocycles. The van der Waals surface area contributed by atoms with Gasteiger partial charge in [0.25, 0.3) is 0 Å². The van der Waals surface area contributed by atoms with Crippen molar-refractivity contribution in [3.8, 4) is 0 Å². The highest BCUT2D eigenvalue weighted by Gasteiger charge is 2.39. The van der Waals surface area contributed by atoms with Gasteiger partial charge in [-0.25, -0.2) is 4.79 Å². The maximum atomic E-state index is 11.0. The highest BCUT2D eigenvalue weighted by Crippen LogP contribution is 2.22. The molecule has 6 nitrogen and oxygen atoms in total. The minimum Gasteiger partial charge on any atom is -0.478 e. The Morgan fingerprint density at radius 2 is 2.30 bits per heavy atom. The summed E-state index contributed by atoms with van der Waals surface area (Å²) in [7, 11) is 0. The van der Waals surface area contributed by atoms with E-state index in [9.17, 15) is 9.59 Å². The van der Waals surface area contributed by atoms with Crippen LogP contribution in [0.25, 0.3) is 0 Å². The standard InChI is InChI=1S/C10H11NO3.C4H7NO/c1-2-9(12)11-8-5-3-4-7(6-8)10(13)14;1-2-6-4-3-5(1)4/h3-6H,2H2,1H3,(H,11,12)(H,13,14);4H,1-3H2. The Bertz CT molecular complexity index is 496. The number of fused-ring (bicyclic) bond motifs is 1. The molecule has 2 saturated heterocycles. The van der Waals surface area contributed by atoms with Gasteiger partial charge in [-0.15, -0.1) is 0 Å². The number of amides is 1. The number of carboxylic acid groups (broad SMARTS) is 1. The topological polar surface area (TPSA) is 78.6 Å². The first-order chi connectivity index (χ1) is 9.60. The zero-order chi connectivity index (χ0) is 14.5. The molecule has 0 aliphatic carbocycles. The highest BCUT2D eigenvalue weighted by atomic mass is 16.5. The van der Waals surface area contributed by atoms with Gasteiger partial charge in [-0.3, -0.25) is 9.69 Å². The van der Waals surface area contributed by atoms with Crippen LogP contribution >= 0.6 is 0 Å². The summed E-state index contributed by atoms with van der Waals surface area (Å²) < 4.78 is 5.15. The summed E-state index contributed by atoms with van der Waals surface area (Å²) in [6, 6.07) is 6.15. The number of anilines is 1. The Labute approximate surface area is 117 Å². The maximum absolute atomic E-state index is 11.0. The second-order valence-corrected chi connectivity index (χ2v) is 4.61. The molecule has 108 valence electrons. The van der Waals surface area contributed by atoms with E-state index in [0.29, 0.717) is 18.3 Å². The predicted molar refractivity (Wildman–Crippen MR) is 73.6 cm³/mol. The monoisotopic (exact) mass is 278 g/mol. The summed E-state index contributed by atoms with van der Waals surface area (Å²) in [6.45, 7) is 5.06. The van der Waals surface area contributed by atoms with Gasteiger partial charge in [0.2, 0.25) is 5.91 Å². The summed E-state index contributed by atoms with van der Waals surface area (Å²) in [5.74, 6) is -1.13. The van der Waals surface area contributed by atoms with Crippen molar-refractivity contribution >= 4 is 17.6 Å². The van der Waals surface area contributed by atoms with Crippen LogP contribution in [0.5, 0.6) is 0 Å². The number of morpholine rings is 1. The van der Waals surface area contributed by atoms with Gasteiger partial charge in [0.15, 0.2) is 0 Å². The molecule has 0 spiro atoms. The third-order valence-electron chi connectivity index (χ3n) is 3.07. The molecule has 1 aromatic carbocycles. The minimum atomic E-state index is -1.00. The van der Waals surface area contributed by atoms with E-state index >= 15 is 0 Å². The molecule has 2 aliphatic rings. The number of carboxylic acids is 1. The van der Waals surface area contributed by atoms with Crippen LogP contribution in [0.1, 0.15) is 23.7 Å². The van der Waals surface area contributed by atoms with Gasteiger partial charge in [0.05, 0.1) is 12.2 Å². The molecule has 2 aliphatic heterocycles. The number of hydrogen-bond acceptors (Lipinski definition) is 4. The lowest BCUT2D eigenvalue weighted by molar-refractivity contribution is -0.115. The molecule has 2 N–H and O–H groups in total. The average Bonchev–Trinajstić information content (AvgIpc) is 3.06. The van der Waals surface area contributed by atoms with E-state index in [0.717, 1.165) is 6.61 Å². The highest BCUT2D eigenvalue weighted by molar-refractivity contribution is 5.93. The molecule has 0 aromatic heterocycles. The average molecular weight is 278 g/mol. The predicted octanol–water partition coefficient (Wildman–Crippen LogP) is 1.39. The van der Waals surface area contributed by atoms with E-state index in [1.807, 2.05) is 0 Å². The van der Waals surface area contributed by atoms with Gasteiger partial charge in [0, 0.05) is 25.2 Å². The van der Waals surface area contributed by atoms with E-state index in [1.165, 1.54) is 25.2 Å². The summed E-state index contributed by atoms with van der Waals surface area (Å²) in [4.78, 5) is 23.9. The second-order valence-electron chi connectivity index (χ2n) is 4.61. The van der Waals surface area contributed by atoms with Crippen molar-refractivity contribution in [3.63, 3.8) is 0 Å². The number of aromatic carboxylic acids is 1. The molecule has 20 heavy (non-hydrogen) atoms. The Morgan fingerprint density at radius 1 is 1.50 bits per heavy atom. The number of carbonyl (C=O) groups excluding carboxylic acids is 1. The zero-order valence-corrected chi connectivity index (χ0v) is 11.3. The molecule has 0 bridgehead atoms. The number of nitrogens with one attached hydrogen (secondary N) is 1. The molecule has 1 amide bonds. The Kier molecular flexibility index (Phi) is 4.70. The van der Waals surface area contributed by atoms with E-state index in [4.69, 9.17) is 9.84 Å². The van der Waals surface area contributed by atoms with Gasteiger partial charge in [-0.2, -0.15) is 0 Å². The fraction of sp³-hybridized carbons (Fsp3) is 0.429. The first-order valence-corrected chi connectivity index (χ1v) is 6.59. The molecule has 2 unspecified atom stereocenters. The summed E-state index contributed by atoms with van der Waals surface area (Å²) in [5.41, 5.74) is 0.677. The number of hydrogen-bond donors (Lipinski definition) is 2. The molecule has 2 fully saturated rings. The number of ether oxygens (including phenoxy) is 1. The third kappa shape index (κ3) is 4.04. The molecule has 2 atom stereocenters. The van der Waals surface area contributed by atoms with Gasteiger partial charge in [-0.1, -0.05) is 13.0 Å². The van der Waals surface area contributed by atoms with Crippen molar-refractivity contribution < 1.29 is 19.4 Å². The molecule has 6 heteroatoms. The molecular weight excluding hydrogens is 260 g/mol. The smallest absolute Gasteiger partial charge is 0.335 e. The molecular formula is C14H18N2O4. The third-order valence-corrected chi connectivity index (χ3v) is 3.07. The van der Waals surface area contributed by atoms with Gasteiger partial charge >= 0.3 is 5.97 Å². The van der Waals surface area contributed by atoms with Crippen LogP contribution in [-0.4, -0.2) is 47.8 Å².